The largest absolute Gasteiger partial charge is 0.379 e. The highest BCUT2D eigenvalue weighted by Gasteiger charge is 2.21. The minimum atomic E-state index is 0.429. The molecule has 1 aliphatic rings. The Morgan fingerprint density at radius 3 is 3.12 bits per heavy atom. The number of hydrogen-bond acceptors (Lipinski definition) is 5. The van der Waals surface area contributed by atoms with Crippen LogP contribution in [0, 0.1) is 0 Å². The fraction of sp³-hybridized carbons (Fsp3) is 0.667. The van der Waals surface area contributed by atoms with E-state index in [0.717, 1.165) is 44.2 Å². The number of rotatable bonds is 5. The van der Waals surface area contributed by atoms with E-state index in [1.165, 1.54) is 0 Å². The van der Waals surface area contributed by atoms with Gasteiger partial charge in [-0.25, -0.2) is 4.98 Å². The van der Waals surface area contributed by atoms with Crippen LogP contribution in [0.4, 0.5) is 5.82 Å². The van der Waals surface area contributed by atoms with Gasteiger partial charge in [0.1, 0.15) is 5.82 Å². The second-order valence-electron chi connectivity index (χ2n) is 4.28. The first-order chi connectivity index (χ1) is 8.31. The summed E-state index contributed by atoms with van der Waals surface area (Å²) in [7, 11) is 2.06. The average Bonchev–Trinajstić information content (AvgIpc) is 2.89. The zero-order valence-electron chi connectivity index (χ0n) is 10.5. The summed E-state index contributed by atoms with van der Waals surface area (Å²) in [6, 6.07) is 0.429. The lowest BCUT2D eigenvalue weighted by Gasteiger charge is -2.24. The molecule has 0 aliphatic carbocycles. The van der Waals surface area contributed by atoms with Crippen LogP contribution in [0.3, 0.4) is 0 Å². The molecule has 1 saturated heterocycles. The summed E-state index contributed by atoms with van der Waals surface area (Å²) in [5.74, 6) is 0.927. The molecule has 0 radical (unpaired) electrons. The first-order valence-corrected chi connectivity index (χ1v) is 6.13. The van der Waals surface area contributed by atoms with Crippen LogP contribution in [-0.2, 0) is 11.3 Å². The number of likely N-dealkylation sites (N-methyl/N-ethyl adjacent to an activating group) is 1. The van der Waals surface area contributed by atoms with Gasteiger partial charge in [-0.05, 0) is 13.0 Å². The molecule has 5 nitrogen and oxygen atoms in total. The molecular formula is C12H20N4O. The fourth-order valence-corrected chi connectivity index (χ4v) is 1.92. The van der Waals surface area contributed by atoms with Gasteiger partial charge < -0.3 is 15.0 Å². The fourth-order valence-electron chi connectivity index (χ4n) is 1.92. The summed E-state index contributed by atoms with van der Waals surface area (Å²) >= 11 is 0. The lowest BCUT2D eigenvalue weighted by Crippen LogP contribution is -2.32. The molecule has 0 spiro atoms. The molecule has 1 N–H and O–H groups in total. The van der Waals surface area contributed by atoms with Crippen molar-refractivity contribution in [1.82, 2.24) is 15.3 Å². The Hall–Kier alpha value is -1.20. The van der Waals surface area contributed by atoms with Gasteiger partial charge in [-0.2, -0.15) is 0 Å². The van der Waals surface area contributed by atoms with E-state index in [-0.39, 0.29) is 0 Å². The van der Waals surface area contributed by atoms with Gasteiger partial charge in [-0.3, -0.25) is 4.98 Å². The number of nitrogens with one attached hydrogen (secondary N) is 1. The third-order valence-corrected chi connectivity index (χ3v) is 3.04. The second kappa shape index (κ2) is 5.93. The van der Waals surface area contributed by atoms with E-state index >= 15 is 0 Å². The number of anilines is 1. The van der Waals surface area contributed by atoms with Crippen molar-refractivity contribution in [3.63, 3.8) is 0 Å². The van der Waals surface area contributed by atoms with Gasteiger partial charge in [0, 0.05) is 26.4 Å². The normalized spacial score (nSPS) is 19.5. The molecule has 0 saturated carbocycles. The predicted molar refractivity (Wildman–Crippen MR) is 67.0 cm³/mol. The molecular weight excluding hydrogens is 216 g/mol. The monoisotopic (exact) mass is 236 g/mol. The van der Waals surface area contributed by atoms with Crippen molar-refractivity contribution < 1.29 is 4.74 Å². The van der Waals surface area contributed by atoms with E-state index in [0.29, 0.717) is 6.04 Å². The van der Waals surface area contributed by atoms with Gasteiger partial charge in [-0.15, -0.1) is 0 Å². The highest BCUT2D eigenvalue weighted by Crippen LogP contribution is 2.17. The molecule has 0 bridgehead atoms. The first kappa shape index (κ1) is 12.3. The van der Waals surface area contributed by atoms with E-state index in [2.05, 4.69) is 34.2 Å². The zero-order chi connectivity index (χ0) is 12.1. The van der Waals surface area contributed by atoms with Crippen molar-refractivity contribution in [2.24, 2.45) is 0 Å². The van der Waals surface area contributed by atoms with Crippen LogP contribution in [0.15, 0.2) is 12.4 Å². The minimum Gasteiger partial charge on any atom is -0.379 e. The maximum Gasteiger partial charge on any atom is 0.147 e. The smallest absolute Gasteiger partial charge is 0.147 e. The van der Waals surface area contributed by atoms with Crippen molar-refractivity contribution in [2.75, 3.05) is 31.7 Å². The molecule has 1 aromatic rings. The Bertz CT molecular complexity index is 352. The Balaban J connectivity index is 2.03. The lowest BCUT2D eigenvalue weighted by atomic mass is 10.2. The second-order valence-corrected chi connectivity index (χ2v) is 4.28. The molecule has 1 aliphatic heterocycles. The Labute approximate surface area is 102 Å². The third kappa shape index (κ3) is 3.14. The lowest BCUT2D eigenvalue weighted by molar-refractivity contribution is 0.193. The van der Waals surface area contributed by atoms with Crippen molar-refractivity contribution in [3.05, 3.63) is 18.1 Å². The van der Waals surface area contributed by atoms with E-state index < -0.39 is 0 Å². The summed E-state index contributed by atoms with van der Waals surface area (Å²) in [4.78, 5) is 11.0. The van der Waals surface area contributed by atoms with Gasteiger partial charge in [0.15, 0.2) is 0 Å². The molecule has 2 heterocycles. The van der Waals surface area contributed by atoms with Gasteiger partial charge in [-0.1, -0.05) is 6.92 Å². The predicted octanol–water partition coefficient (Wildman–Crippen LogP) is 0.811. The molecule has 17 heavy (non-hydrogen) atoms. The van der Waals surface area contributed by atoms with Gasteiger partial charge in [0.05, 0.1) is 24.5 Å². The molecule has 1 fully saturated rings. The standard InChI is InChI=1S/C12H20N4O/c1-3-13-6-10-7-14-8-12(15-10)16(2)11-4-5-17-9-11/h7-8,11,13H,3-6,9H2,1-2H3. The van der Waals surface area contributed by atoms with E-state index in [4.69, 9.17) is 4.74 Å². The molecule has 2 rings (SSSR count). The summed E-state index contributed by atoms with van der Waals surface area (Å²) in [5, 5.41) is 3.25. The Morgan fingerprint density at radius 2 is 2.41 bits per heavy atom. The van der Waals surface area contributed by atoms with Crippen LogP contribution in [0.2, 0.25) is 0 Å². The van der Waals surface area contributed by atoms with Crippen molar-refractivity contribution in [3.8, 4) is 0 Å². The third-order valence-electron chi connectivity index (χ3n) is 3.04. The van der Waals surface area contributed by atoms with Crippen LogP contribution < -0.4 is 10.2 Å². The average molecular weight is 236 g/mol. The maximum absolute atomic E-state index is 5.39. The molecule has 94 valence electrons. The Kier molecular flexibility index (Phi) is 4.28. The highest BCUT2D eigenvalue weighted by atomic mass is 16.5. The van der Waals surface area contributed by atoms with Gasteiger partial charge >= 0.3 is 0 Å². The van der Waals surface area contributed by atoms with Crippen molar-refractivity contribution in [2.45, 2.75) is 25.9 Å². The molecule has 1 aromatic heterocycles. The summed E-state index contributed by atoms with van der Waals surface area (Å²) in [6.45, 7) is 5.43. The number of ether oxygens (including phenoxy) is 1. The number of aromatic nitrogens is 2. The van der Waals surface area contributed by atoms with E-state index in [9.17, 15) is 0 Å². The van der Waals surface area contributed by atoms with E-state index in [1.807, 2.05) is 12.4 Å². The highest BCUT2D eigenvalue weighted by molar-refractivity contribution is 5.37. The zero-order valence-corrected chi connectivity index (χ0v) is 10.5. The quantitative estimate of drug-likeness (QED) is 0.820. The minimum absolute atomic E-state index is 0.429. The van der Waals surface area contributed by atoms with Crippen LogP contribution >= 0.6 is 0 Å². The van der Waals surface area contributed by atoms with Crippen molar-refractivity contribution >= 4 is 5.82 Å². The van der Waals surface area contributed by atoms with Crippen molar-refractivity contribution in [1.29, 1.82) is 0 Å². The molecule has 0 aromatic carbocycles. The van der Waals surface area contributed by atoms with Gasteiger partial charge in [0.2, 0.25) is 0 Å². The maximum atomic E-state index is 5.39. The molecule has 5 heteroatoms. The molecule has 1 atom stereocenters. The summed E-state index contributed by atoms with van der Waals surface area (Å²) < 4.78 is 5.39. The SMILES string of the molecule is CCNCc1cncc(N(C)C2CCOC2)n1. The Morgan fingerprint density at radius 1 is 1.53 bits per heavy atom. The van der Waals surface area contributed by atoms with Crippen LogP contribution in [0.5, 0.6) is 0 Å². The van der Waals surface area contributed by atoms with Crippen LogP contribution in [-0.4, -0.2) is 42.8 Å². The molecule has 1 unspecified atom stereocenters. The summed E-state index contributed by atoms with van der Waals surface area (Å²) in [5.41, 5.74) is 0.982. The van der Waals surface area contributed by atoms with Crippen LogP contribution in [0.1, 0.15) is 19.0 Å². The van der Waals surface area contributed by atoms with E-state index in [1.54, 1.807) is 0 Å². The number of hydrogen-bond donors (Lipinski definition) is 1. The summed E-state index contributed by atoms with van der Waals surface area (Å²) in [6.07, 6.45) is 4.69. The topological polar surface area (TPSA) is 50.3 Å². The van der Waals surface area contributed by atoms with Crippen LogP contribution in [0.25, 0.3) is 0 Å². The van der Waals surface area contributed by atoms with Gasteiger partial charge in [0.25, 0.3) is 0 Å². The molecule has 0 amide bonds. The first-order valence-electron chi connectivity index (χ1n) is 6.13. The number of nitrogens with zero attached hydrogens (tertiary/aromatic N) is 3.